The second-order valence-electron chi connectivity index (χ2n) is 6.20. The van der Waals surface area contributed by atoms with Gasteiger partial charge in [0.15, 0.2) is 0 Å². The summed E-state index contributed by atoms with van der Waals surface area (Å²) >= 11 is 0. The lowest BCUT2D eigenvalue weighted by Gasteiger charge is -2.19. The molecule has 0 saturated heterocycles. The number of rotatable bonds is 3. The van der Waals surface area contributed by atoms with Gasteiger partial charge in [-0.1, -0.05) is 12.1 Å². The minimum Gasteiger partial charge on any atom is -0.459 e. The zero-order chi connectivity index (χ0) is 18.0. The van der Waals surface area contributed by atoms with Gasteiger partial charge in [0.25, 0.3) is 0 Å². The number of benzene rings is 1. The number of carbonyl (C=O) groups excluding carboxylic acids is 1. The molecule has 0 aliphatic rings. The van der Waals surface area contributed by atoms with E-state index in [1.54, 1.807) is 32.9 Å². The number of alkyl carbamates (subject to hydrolysis) is 1. The van der Waals surface area contributed by atoms with Gasteiger partial charge in [0, 0.05) is 5.56 Å². The Labute approximate surface area is 137 Å². The van der Waals surface area contributed by atoms with Crippen molar-refractivity contribution in [3.63, 3.8) is 0 Å². The van der Waals surface area contributed by atoms with Crippen molar-refractivity contribution in [2.45, 2.75) is 39.1 Å². The van der Waals surface area contributed by atoms with Crippen molar-refractivity contribution in [3.8, 4) is 11.3 Å². The Morgan fingerprint density at radius 1 is 1.08 bits per heavy atom. The smallest absolute Gasteiger partial charge is 0.416 e. The molecule has 0 aliphatic heterocycles. The van der Waals surface area contributed by atoms with Crippen molar-refractivity contribution in [2.24, 2.45) is 0 Å². The monoisotopic (exact) mass is 341 g/mol. The molecule has 0 saturated carbocycles. The number of hydrogen-bond donors (Lipinski definition) is 1. The molecule has 1 N–H and O–H groups in total. The highest BCUT2D eigenvalue weighted by Gasteiger charge is 2.30. The van der Waals surface area contributed by atoms with Crippen molar-refractivity contribution < 1.29 is 27.1 Å². The summed E-state index contributed by atoms with van der Waals surface area (Å²) in [5.74, 6) is 0.889. The first-order valence-electron chi connectivity index (χ1n) is 7.28. The fourth-order valence-corrected chi connectivity index (χ4v) is 1.93. The SMILES string of the molecule is CC(C)(C)OC(=O)NCc1ccc(-c2ccc(C(F)(F)F)cc2)o1. The maximum atomic E-state index is 12.5. The Morgan fingerprint density at radius 3 is 2.25 bits per heavy atom. The van der Waals surface area contributed by atoms with E-state index in [4.69, 9.17) is 9.15 Å². The molecular formula is C17H18F3NO3. The normalized spacial score (nSPS) is 12.1. The highest BCUT2D eigenvalue weighted by Crippen LogP contribution is 2.31. The Bertz CT molecular complexity index is 697. The van der Waals surface area contributed by atoms with Crippen molar-refractivity contribution in [1.82, 2.24) is 5.32 Å². The molecule has 0 atom stereocenters. The highest BCUT2D eigenvalue weighted by molar-refractivity contribution is 5.67. The van der Waals surface area contributed by atoms with Crippen molar-refractivity contribution in [3.05, 3.63) is 47.7 Å². The van der Waals surface area contributed by atoms with Gasteiger partial charge in [0.2, 0.25) is 0 Å². The molecular weight excluding hydrogens is 323 g/mol. The van der Waals surface area contributed by atoms with Crippen LogP contribution in [0.4, 0.5) is 18.0 Å². The van der Waals surface area contributed by atoms with E-state index in [1.807, 2.05) is 0 Å². The van der Waals surface area contributed by atoms with E-state index >= 15 is 0 Å². The molecule has 2 rings (SSSR count). The molecule has 0 spiro atoms. The molecule has 7 heteroatoms. The molecule has 24 heavy (non-hydrogen) atoms. The zero-order valence-corrected chi connectivity index (χ0v) is 13.5. The number of amides is 1. The Kier molecular flexibility index (Phi) is 4.91. The molecule has 1 aromatic carbocycles. The number of ether oxygens (including phenoxy) is 1. The van der Waals surface area contributed by atoms with Crippen LogP contribution in [0.15, 0.2) is 40.8 Å². The van der Waals surface area contributed by atoms with Gasteiger partial charge in [-0.05, 0) is 45.0 Å². The molecule has 0 aliphatic carbocycles. The second-order valence-corrected chi connectivity index (χ2v) is 6.20. The van der Waals surface area contributed by atoms with Gasteiger partial charge in [-0.2, -0.15) is 13.2 Å². The fraction of sp³-hybridized carbons (Fsp3) is 0.353. The van der Waals surface area contributed by atoms with Gasteiger partial charge < -0.3 is 14.5 Å². The minimum absolute atomic E-state index is 0.121. The lowest BCUT2D eigenvalue weighted by Crippen LogP contribution is -2.32. The van der Waals surface area contributed by atoms with Crippen LogP contribution >= 0.6 is 0 Å². The molecule has 0 unspecified atom stereocenters. The summed E-state index contributed by atoms with van der Waals surface area (Å²) in [6, 6.07) is 7.95. The van der Waals surface area contributed by atoms with Crippen LogP contribution in [0.25, 0.3) is 11.3 Å². The standard InChI is InChI=1S/C17H18F3NO3/c1-16(2,3)24-15(22)21-10-13-8-9-14(23-13)11-4-6-12(7-5-11)17(18,19)20/h4-9H,10H2,1-3H3,(H,21,22). The van der Waals surface area contributed by atoms with Crippen LogP contribution in [0.5, 0.6) is 0 Å². The zero-order valence-electron chi connectivity index (χ0n) is 13.5. The summed E-state index contributed by atoms with van der Waals surface area (Å²) in [7, 11) is 0. The van der Waals surface area contributed by atoms with Crippen molar-refractivity contribution in [2.75, 3.05) is 0 Å². The predicted molar refractivity (Wildman–Crippen MR) is 82.2 cm³/mol. The van der Waals surface area contributed by atoms with Crippen LogP contribution in [0.1, 0.15) is 32.1 Å². The number of halogens is 3. The van der Waals surface area contributed by atoms with Crippen LogP contribution in [0.2, 0.25) is 0 Å². The largest absolute Gasteiger partial charge is 0.459 e. The Morgan fingerprint density at radius 2 is 1.71 bits per heavy atom. The van der Waals surface area contributed by atoms with Gasteiger partial charge >= 0.3 is 12.3 Å². The lowest BCUT2D eigenvalue weighted by atomic mass is 10.1. The van der Waals surface area contributed by atoms with Crippen LogP contribution in [-0.4, -0.2) is 11.7 Å². The van der Waals surface area contributed by atoms with Gasteiger partial charge in [-0.3, -0.25) is 0 Å². The second kappa shape index (κ2) is 6.59. The summed E-state index contributed by atoms with van der Waals surface area (Å²) in [5, 5.41) is 2.55. The Balaban J connectivity index is 1.99. The van der Waals surface area contributed by atoms with Gasteiger partial charge in [-0.15, -0.1) is 0 Å². The molecule has 4 nitrogen and oxygen atoms in total. The van der Waals surface area contributed by atoms with Gasteiger partial charge in [0.05, 0.1) is 12.1 Å². The third-order valence-corrected chi connectivity index (χ3v) is 2.96. The summed E-state index contributed by atoms with van der Waals surface area (Å²) in [6.07, 6.45) is -4.94. The van der Waals surface area contributed by atoms with E-state index in [2.05, 4.69) is 5.32 Å². The predicted octanol–water partition coefficient (Wildman–Crippen LogP) is 4.99. The molecule has 0 radical (unpaired) electrons. The highest BCUT2D eigenvalue weighted by atomic mass is 19.4. The first-order chi connectivity index (χ1) is 11.0. The van der Waals surface area contributed by atoms with E-state index in [0.717, 1.165) is 12.1 Å². The molecule has 1 aromatic heterocycles. The number of alkyl halides is 3. The summed E-state index contributed by atoms with van der Waals surface area (Å²) in [6.45, 7) is 5.38. The third kappa shape index (κ3) is 5.04. The van der Waals surface area contributed by atoms with Crippen LogP contribution in [-0.2, 0) is 17.5 Å². The molecule has 0 bridgehead atoms. The minimum atomic E-state index is -4.37. The van der Waals surface area contributed by atoms with E-state index in [9.17, 15) is 18.0 Å². The molecule has 0 fully saturated rings. The molecule has 1 amide bonds. The van der Waals surface area contributed by atoms with Crippen LogP contribution in [0, 0.1) is 0 Å². The van der Waals surface area contributed by atoms with E-state index in [1.165, 1.54) is 12.1 Å². The molecule has 1 heterocycles. The average molecular weight is 341 g/mol. The maximum absolute atomic E-state index is 12.5. The summed E-state index contributed by atoms with van der Waals surface area (Å²) < 4.78 is 48.3. The van der Waals surface area contributed by atoms with Gasteiger partial charge in [-0.25, -0.2) is 4.79 Å². The van der Waals surface area contributed by atoms with Gasteiger partial charge in [0.1, 0.15) is 17.1 Å². The lowest BCUT2D eigenvalue weighted by molar-refractivity contribution is -0.137. The average Bonchev–Trinajstić information content (AvgIpc) is 2.91. The number of hydrogen-bond acceptors (Lipinski definition) is 3. The van der Waals surface area contributed by atoms with Crippen LogP contribution < -0.4 is 5.32 Å². The quantitative estimate of drug-likeness (QED) is 0.856. The third-order valence-electron chi connectivity index (χ3n) is 2.96. The number of furan rings is 1. The van der Waals surface area contributed by atoms with E-state index in [0.29, 0.717) is 17.1 Å². The number of nitrogens with one attached hydrogen (secondary N) is 1. The summed E-state index contributed by atoms with van der Waals surface area (Å²) in [4.78, 5) is 11.6. The maximum Gasteiger partial charge on any atom is 0.416 e. The topological polar surface area (TPSA) is 51.5 Å². The summed E-state index contributed by atoms with van der Waals surface area (Å²) in [5.41, 5.74) is -0.797. The molecule has 2 aromatic rings. The number of carbonyl (C=O) groups is 1. The first-order valence-corrected chi connectivity index (χ1v) is 7.28. The Hall–Kier alpha value is -2.44. The van der Waals surface area contributed by atoms with E-state index < -0.39 is 23.4 Å². The fourth-order valence-electron chi connectivity index (χ4n) is 1.93. The van der Waals surface area contributed by atoms with Crippen molar-refractivity contribution >= 4 is 6.09 Å². The molecule has 130 valence electrons. The van der Waals surface area contributed by atoms with Crippen molar-refractivity contribution in [1.29, 1.82) is 0 Å². The first kappa shape index (κ1) is 17.9. The van der Waals surface area contributed by atoms with E-state index in [-0.39, 0.29) is 6.54 Å². The van der Waals surface area contributed by atoms with Crippen LogP contribution in [0.3, 0.4) is 0 Å².